The predicted octanol–water partition coefficient (Wildman–Crippen LogP) is 0.768. The standard InChI is InChI=1S/C10H17NO2/c1-7(12)10(13)11-6-5-8-3-2-4-9(8)11/h7-9,12H,2-6H2,1H3/t7-,8?,9?/m0/s1. The van der Waals surface area contributed by atoms with Crippen LogP contribution in [0.15, 0.2) is 0 Å². The van der Waals surface area contributed by atoms with Crippen LogP contribution < -0.4 is 0 Å². The molecule has 3 atom stereocenters. The number of carbonyl (C=O) groups excluding carboxylic acids is 1. The third-order valence-corrected chi connectivity index (χ3v) is 3.40. The molecule has 2 unspecified atom stereocenters. The molecule has 2 fully saturated rings. The van der Waals surface area contributed by atoms with Gasteiger partial charge in [0, 0.05) is 12.6 Å². The van der Waals surface area contributed by atoms with Crippen molar-refractivity contribution < 1.29 is 9.90 Å². The largest absolute Gasteiger partial charge is 0.384 e. The van der Waals surface area contributed by atoms with E-state index >= 15 is 0 Å². The molecular weight excluding hydrogens is 166 g/mol. The van der Waals surface area contributed by atoms with E-state index in [0.29, 0.717) is 6.04 Å². The van der Waals surface area contributed by atoms with Gasteiger partial charge in [0.2, 0.25) is 0 Å². The Labute approximate surface area is 78.7 Å². The van der Waals surface area contributed by atoms with E-state index in [9.17, 15) is 9.90 Å². The highest BCUT2D eigenvalue weighted by Crippen LogP contribution is 2.37. The Morgan fingerprint density at radius 2 is 2.23 bits per heavy atom. The Balaban J connectivity index is 2.04. The number of nitrogens with zero attached hydrogens (tertiary/aromatic N) is 1. The van der Waals surface area contributed by atoms with Crippen LogP contribution in [0.1, 0.15) is 32.6 Å². The van der Waals surface area contributed by atoms with Gasteiger partial charge >= 0.3 is 0 Å². The number of aliphatic hydroxyl groups is 1. The van der Waals surface area contributed by atoms with Crippen molar-refractivity contribution in [3.05, 3.63) is 0 Å². The maximum Gasteiger partial charge on any atom is 0.251 e. The monoisotopic (exact) mass is 183 g/mol. The van der Waals surface area contributed by atoms with Crippen molar-refractivity contribution in [2.45, 2.75) is 44.8 Å². The van der Waals surface area contributed by atoms with E-state index in [2.05, 4.69) is 0 Å². The van der Waals surface area contributed by atoms with Crippen LogP contribution in [0.4, 0.5) is 0 Å². The van der Waals surface area contributed by atoms with Gasteiger partial charge in [0.25, 0.3) is 5.91 Å². The molecule has 1 amide bonds. The van der Waals surface area contributed by atoms with Crippen LogP contribution in [0.2, 0.25) is 0 Å². The second-order valence-corrected chi connectivity index (χ2v) is 4.25. The molecule has 0 bridgehead atoms. The maximum atomic E-state index is 11.6. The molecule has 1 saturated carbocycles. The van der Waals surface area contributed by atoms with E-state index in [-0.39, 0.29) is 5.91 Å². The summed E-state index contributed by atoms with van der Waals surface area (Å²) in [6, 6.07) is 0.446. The summed E-state index contributed by atoms with van der Waals surface area (Å²) in [5, 5.41) is 9.21. The molecule has 2 rings (SSSR count). The lowest BCUT2D eigenvalue weighted by Gasteiger charge is -2.25. The predicted molar refractivity (Wildman–Crippen MR) is 49.1 cm³/mol. The summed E-state index contributed by atoms with van der Waals surface area (Å²) in [6.45, 7) is 2.42. The molecule has 13 heavy (non-hydrogen) atoms. The fourth-order valence-corrected chi connectivity index (χ4v) is 2.75. The van der Waals surface area contributed by atoms with Crippen molar-refractivity contribution in [3.63, 3.8) is 0 Å². The fourth-order valence-electron chi connectivity index (χ4n) is 2.75. The van der Waals surface area contributed by atoms with E-state index < -0.39 is 6.10 Å². The first-order chi connectivity index (χ1) is 6.20. The van der Waals surface area contributed by atoms with E-state index in [4.69, 9.17) is 0 Å². The van der Waals surface area contributed by atoms with E-state index in [1.807, 2.05) is 4.90 Å². The first-order valence-corrected chi connectivity index (χ1v) is 5.18. The molecule has 1 saturated heterocycles. The lowest BCUT2D eigenvalue weighted by atomic mass is 10.0. The Hall–Kier alpha value is -0.570. The molecule has 0 aromatic carbocycles. The van der Waals surface area contributed by atoms with Gasteiger partial charge in [-0.3, -0.25) is 4.79 Å². The number of amides is 1. The third kappa shape index (κ3) is 1.46. The summed E-state index contributed by atoms with van der Waals surface area (Å²) in [7, 11) is 0. The van der Waals surface area contributed by atoms with Crippen LogP contribution in [0.3, 0.4) is 0 Å². The molecule has 1 aliphatic heterocycles. The summed E-state index contributed by atoms with van der Waals surface area (Å²) in [4.78, 5) is 13.5. The van der Waals surface area contributed by atoms with Crippen molar-refractivity contribution >= 4 is 5.91 Å². The van der Waals surface area contributed by atoms with Crippen molar-refractivity contribution in [2.75, 3.05) is 6.54 Å². The summed E-state index contributed by atoms with van der Waals surface area (Å²) in [5.41, 5.74) is 0. The summed E-state index contributed by atoms with van der Waals surface area (Å²) < 4.78 is 0. The smallest absolute Gasteiger partial charge is 0.251 e. The van der Waals surface area contributed by atoms with Crippen LogP contribution >= 0.6 is 0 Å². The van der Waals surface area contributed by atoms with Gasteiger partial charge in [-0.2, -0.15) is 0 Å². The third-order valence-electron chi connectivity index (χ3n) is 3.40. The Bertz CT molecular complexity index is 215. The van der Waals surface area contributed by atoms with Crippen LogP contribution in [-0.4, -0.2) is 34.6 Å². The number of carbonyl (C=O) groups is 1. The average molecular weight is 183 g/mol. The van der Waals surface area contributed by atoms with Crippen molar-refractivity contribution in [1.82, 2.24) is 4.90 Å². The van der Waals surface area contributed by atoms with Gasteiger partial charge in [-0.25, -0.2) is 0 Å². The van der Waals surface area contributed by atoms with Crippen LogP contribution in [-0.2, 0) is 4.79 Å². The van der Waals surface area contributed by atoms with Gasteiger partial charge < -0.3 is 10.0 Å². The Morgan fingerprint density at radius 3 is 2.92 bits per heavy atom. The number of hydrogen-bond donors (Lipinski definition) is 1. The molecule has 3 nitrogen and oxygen atoms in total. The maximum absolute atomic E-state index is 11.6. The normalized spacial score (nSPS) is 34.8. The molecule has 0 radical (unpaired) electrons. The number of hydrogen-bond acceptors (Lipinski definition) is 2. The molecule has 0 aromatic heterocycles. The zero-order valence-electron chi connectivity index (χ0n) is 8.07. The van der Waals surface area contributed by atoms with E-state index in [1.54, 1.807) is 6.92 Å². The van der Waals surface area contributed by atoms with Crippen LogP contribution in [0, 0.1) is 5.92 Å². The number of likely N-dealkylation sites (tertiary alicyclic amines) is 1. The minimum Gasteiger partial charge on any atom is -0.384 e. The zero-order valence-corrected chi connectivity index (χ0v) is 8.07. The van der Waals surface area contributed by atoms with Gasteiger partial charge in [-0.05, 0) is 32.1 Å². The molecular formula is C10H17NO2. The van der Waals surface area contributed by atoms with Crippen molar-refractivity contribution in [3.8, 4) is 0 Å². The number of rotatable bonds is 1. The summed E-state index contributed by atoms with van der Waals surface area (Å²) in [6.07, 6.45) is 3.98. The van der Waals surface area contributed by atoms with E-state index in [0.717, 1.165) is 25.3 Å². The number of aliphatic hydroxyl groups excluding tert-OH is 1. The lowest BCUT2D eigenvalue weighted by Crippen LogP contribution is -2.41. The van der Waals surface area contributed by atoms with Gasteiger partial charge in [0.05, 0.1) is 0 Å². The van der Waals surface area contributed by atoms with Gasteiger partial charge in [0.1, 0.15) is 6.10 Å². The molecule has 1 aliphatic carbocycles. The first kappa shape index (κ1) is 9.00. The zero-order chi connectivity index (χ0) is 9.42. The molecule has 0 aromatic rings. The van der Waals surface area contributed by atoms with Crippen LogP contribution in [0.5, 0.6) is 0 Å². The topological polar surface area (TPSA) is 40.5 Å². The first-order valence-electron chi connectivity index (χ1n) is 5.18. The highest BCUT2D eigenvalue weighted by atomic mass is 16.3. The molecule has 3 heteroatoms. The Kier molecular flexibility index (Phi) is 2.28. The van der Waals surface area contributed by atoms with Gasteiger partial charge in [0.15, 0.2) is 0 Å². The molecule has 1 N–H and O–H groups in total. The second kappa shape index (κ2) is 3.29. The van der Waals surface area contributed by atoms with Crippen molar-refractivity contribution in [2.24, 2.45) is 5.92 Å². The van der Waals surface area contributed by atoms with Gasteiger partial charge in [-0.15, -0.1) is 0 Å². The van der Waals surface area contributed by atoms with Crippen LogP contribution in [0.25, 0.3) is 0 Å². The van der Waals surface area contributed by atoms with E-state index in [1.165, 1.54) is 12.8 Å². The van der Waals surface area contributed by atoms with Gasteiger partial charge in [-0.1, -0.05) is 6.42 Å². The Morgan fingerprint density at radius 1 is 1.46 bits per heavy atom. The highest BCUT2D eigenvalue weighted by Gasteiger charge is 2.40. The second-order valence-electron chi connectivity index (χ2n) is 4.25. The average Bonchev–Trinajstić information content (AvgIpc) is 2.61. The summed E-state index contributed by atoms with van der Waals surface area (Å²) in [5.74, 6) is 0.650. The fraction of sp³-hybridized carbons (Fsp3) is 0.900. The number of fused-ring (bicyclic) bond motifs is 1. The summed E-state index contributed by atoms with van der Waals surface area (Å²) >= 11 is 0. The molecule has 1 heterocycles. The molecule has 0 spiro atoms. The minimum atomic E-state index is -0.820. The van der Waals surface area contributed by atoms with Crippen molar-refractivity contribution in [1.29, 1.82) is 0 Å². The SMILES string of the molecule is C[C@H](O)C(=O)N1CCC2CCCC21. The minimum absolute atomic E-state index is 0.0746. The highest BCUT2D eigenvalue weighted by molar-refractivity contribution is 5.80. The molecule has 2 aliphatic rings. The molecule has 74 valence electrons. The lowest BCUT2D eigenvalue weighted by molar-refractivity contribution is -0.140. The quantitative estimate of drug-likeness (QED) is 0.652.